The number of nitro benzene ring substituents is 1. The van der Waals surface area contributed by atoms with Crippen molar-refractivity contribution in [3.8, 4) is 0 Å². The molecular formula is C16H19N3O5. The number of non-ortho nitro benzene ring substituents is 1. The van der Waals surface area contributed by atoms with Crippen LogP contribution >= 0.6 is 0 Å². The van der Waals surface area contributed by atoms with Crippen LogP contribution in [0.25, 0.3) is 0 Å². The van der Waals surface area contributed by atoms with Gasteiger partial charge in [-0.25, -0.2) is 0 Å². The molecule has 0 bridgehead atoms. The van der Waals surface area contributed by atoms with E-state index in [1.165, 1.54) is 29.2 Å². The molecule has 2 atom stereocenters. The van der Waals surface area contributed by atoms with Gasteiger partial charge in [0.1, 0.15) is 0 Å². The van der Waals surface area contributed by atoms with Gasteiger partial charge < -0.3 is 15.0 Å². The second kappa shape index (κ2) is 6.96. The molecule has 2 aliphatic rings. The van der Waals surface area contributed by atoms with Crippen molar-refractivity contribution < 1.29 is 19.2 Å². The van der Waals surface area contributed by atoms with Gasteiger partial charge in [0.25, 0.3) is 5.69 Å². The molecule has 128 valence electrons. The number of ether oxygens (including phenoxy) is 1. The Labute approximate surface area is 138 Å². The first kappa shape index (κ1) is 16.4. The lowest BCUT2D eigenvalue weighted by Crippen LogP contribution is -2.37. The lowest BCUT2D eigenvalue weighted by molar-refractivity contribution is -0.384. The zero-order valence-corrected chi connectivity index (χ0v) is 13.1. The first-order valence-corrected chi connectivity index (χ1v) is 7.98. The SMILES string of the molecule is O=C(NC[C@@H]1CCCO1)[C@H]1CC(=O)N(c2ccc([N+](=O)[O-])cc2)C1. The molecule has 0 aliphatic carbocycles. The lowest BCUT2D eigenvalue weighted by Gasteiger charge is -2.17. The zero-order valence-electron chi connectivity index (χ0n) is 13.1. The van der Waals surface area contributed by atoms with E-state index in [-0.39, 0.29) is 36.6 Å². The molecule has 1 aromatic carbocycles. The first-order chi connectivity index (χ1) is 11.5. The smallest absolute Gasteiger partial charge is 0.269 e. The summed E-state index contributed by atoms with van der Waals surface area (Å²) in [6, 6.07) is 5.77. The van der Waals surface area contributed by atoms with Crippen molar-refractivity contribution >= 4 is 23.2 Å². The second-order valence-corrected chi connectivity index (χ2v) is 6.06. The van der Waals surface area contributed by atoms with Crippen LogP contribution in [0.4, 0.5) is 11.4 Å². The van der Waals surface area contributed by atoms with Crippen molar-refractivity contribution in [1.82, 2.24) is 5.32 Å². The van der Waals surface area contributed by atoms with Gasteiger partial charge in [0, 0.05) is 43.9 Å². The number of carbonyl (C=O) groups excluding carboxylic acids is 2. The van der Waals surface area contributed by atoms with Gasteiger partial charge in [-0.15, -0.1) is 0 Å². The number of hydrogen-bond donors (Lipinski definition) is 1. The molecular weight excluding hydrogens is 314 g/mol. The summed E-state index contributed by atoms with van der Waals surface area (Å²) in [6.07, 6.45) is 2.17. The number of nitro groups is 1. The molecule has 2 heterocycles. The quantitative estimate of drug-likeness (QED) is 0.645. The lowest BCUT2D eigenvalue weighted by atomic mass is 10.1. The van der Waals surface area contributed by atoms with Crippen LogP contribution in [0.15, 0.2) is 24.3 Å². The number of benzene rings is 1. The van der Waals surface area contributed by atoms with Crippen molar-refractivity contribution in [1.29, 1.82) is 0 Å². The molecule has 8 heteroatoms. The van der Waals surface area contributed by atoms with E-state index >= 15 is 0 Å². The number of amides is 2. The molecule has 8 nitrogen and oxygen atoms in total. The molecule has 0 saturated carbocycles. The van der Waals surface area contributed by atoms with Crippen molar-refractivity contribution in [3.63, 3.8) is 0 Å². The summed E-state index contributed by atoms with van der Waals surface area (Å²) in [7, 11) is 0. The zero-order chi connectivity index (χ0) is 17.1. The molecule has 24 heavy (non-hydrogen) atoms. The van der Waals surface area contributed by atoms with Gasteiger partial charge in [0.15, 0.2) is 0 Å². The van der Waals surface area contributed by atoms with Crippen LogP contribution in [0, 0.1) is 16.0 Å². The minimum atomic E-state index is -0.489. The summed E-state index contributed by atoms with van der Waals surface area (Å²) in [5, 5.41) is 13.5. The van der Waals surface area contributed by atoms with E-state index in [1.54, 1.807) is 0 Å². The summed E-state index contributed by atoms with van der Waals surface area (Å²) in [5.41, 5.74) is 0.538. The minimum absolute atomic E-state index is 0.0312. The maximum atomic E-state index is 12.2. The van der Waals surface area contributed by atoms with E-state index in [9.17, 15) is 19.7 Å². The Hall–Kier alpha value is -2.48. The molecule has 2 saturated heterocycles. The normalized spacial score (nSPS) is 23.5. The van der Waals surface area contributed by atoms with Gasteiger partial charge >= 0.3 is 0 Å². The van der Waals surface area contributed by atoms with E-state index in [4.69, 9.17) is 4.74 Å². The standard InChI is InChI=1S/C16H19N3O5/c20-15-8-11(16(21)17-9-14-2-1-7-24-14)10-18(15)12-3-5-13(6-4-12)19(22)23/h3-6,11,14H,1-2,7-10H2,(H,17,21)/t11-,14-/m0/s1. The molecule has 0 unspecified atom stereocenters. The minimum Gasteiger partial charge on any atom is -0.376 e. The molecule has 1 N–H and O–H groups in total. The number of rotatable bonds is 5. The Morgan fingerprint density at radius 1 is 1.38 bits per heavy atom. The Kier molecular flexibility index (Phi) is 4.75. The number of nitrogens with zero attached hydrogens (tertiary/aromatic N) is 2. The predicted octanol–water partition coefficient (Wildman–Crippen LogP) is 1.24. The van der Waals surface area contributed by atoms with Gasteiger partial charge in [-0.1, -0.05) is 0 Å². The fourth-order valence-corrected chi connectivity index (χ4v) is 3.05. The largest absolute Gasteiger partial charge is 0.376 e. The van der Waals surface area contributed by atoms with Gasteiger partial charge in [-0.2, -0.15) is 0 Å². The Balaban J connectivity index is 1.58. The van der Waals surface area contributed by atoms with Crippen LogP contribution in [-0.2, 0) is 14.3 Å². The maximum Gasteiger partial charge on any atom is 0.269 e. The third-order valence-electron chi connectivity index (χ3n) is 4.40. The summed E-state index contributed by atoms with van der Waals surface area (Å²) in [6.45, 7) is 1.49. The molecule has 3 rings (SSSR count). The predicted molar refractivity (Wildman–Crippen MR) is 85.5 cm³/mol. The first-order valence-electron chi connectivity index (χ1n) is 7.98. The van der Waals surface area contributed by atoms with E-state index in [0.29, 0.717) is 12.2 Å². The van der Waals surface area contributed by atoms with E-state index in [1.807, 2.05) is 0 Å². The van der Waals surface area contributed by atoms with Crippen LogP contribution in [0.2, 0.25) is 0 Å². The van der Waals surface area contributed by atoms with Crippen LogP contribution in [0.3, 0.4) is 0 Å². The molecule has 0 radical (unpaired) electrons. The average molecular weight is 333 g/mol. The van der Waals surface area contributed by atoms with Gasteiger partial charge in [-0.05, 0) is 25.0 Å². The Morgan fingerprint density at radius 3 is 2.75 bits per heavy atom. The highest BCUT2D eigenvalue weighted by Gasteiger charge is 2.35. The molecule has 1 aromatic rings. The summed E-state index contributed by atoms with van der Waals surface area (Å²) < 4.78 is 5.46. The number of nitrogens with one attached hydrogen (secondary N) is 1. The Morgan fingerprint density at radius 2 is 2.12 bits per heavy atom. The van der Waals surface area contributed by atoms with Crippen molar-refractivity contribution in [2.24, 2.45) is 5.92 Å². The van der Waals surface area contributed by atoms with Gasteiger partial charge in [-0.3, -0.25) is 19.7 Å². The Bertz CT molecular complexity index is 640. The summed E-state index contributed by atoms with van der Waals surface area (Å²) in [5.74, 6) is -0.710. The highest BCUT2D eigenvalue weighted by molar-refractivity contribution is 6.00. The molecule has 2 aliphatic heterocycles. The van der Waals surface area contributed by atoms with Gasteiger partial charge in [0.2, 0.25) is 11.8 Å². The van der Waals surface area contributed by atoms with E-state index in [2.05, 4.69) is 5.32 Å². The van der Waals surface area contributed by atoms with Crippen LogP contribution in [-0.4, -0.2) is 42.5 Å². The molecule has 2 fully saturated rings. The fraction of sp³-hybridized carbons (Fsp3) is 0.500. The second-order valence-electron chi connectivity index (χ2n) is 6.06. The molecule has 2 amide bonds. The van der Waals surface area contributed by atoms with Crippen LogP contribution in [0.1, 0.15) is 19.3 Å². The van der Waals surface area contributed by atoms with Crippen molar-refractivity contribution in [2.45, 2.75) is 25.4 Å². The van der Waals surface area contributed by atoms with Gasteiger partial charge in [0.05, 0.1) is 16.9 Å². The maximum absolute atomic E-state index is 12.2. The number of hydrogen-bond acceptors (Lipinski definition) is 5. The van der Waals surface area contributed by atoms with E-state index < -0.39 is 10.8 Å². The topological polar surface area (TPSA) is 102 Å². The highest BCUT2D eigenvalue weighted by Crippen LogP contribution is 2.27. The molecule has 0 spiro atoms. The fourth-order valence-electron chi connectivity index (χ4n) is 3.05. The third kappa shape index (κ3) is 3.53. The third-order valence-corrected chi connectivity index (χ3v) is 4.40. The monoisotopic (exact) mass is 333 g/mol. The average Bonchev–Trinajstić information content (AvgIpc) is 3.22. The van der Waals surface area contributed by atoms with Crippen LogP contribution < -0.4 is 10.2 Å². The number of carbonyl (C=O) groups is 2. The molecule has 0 aromatic heterocycles. The summed E-state index contributed by atoms with van der Waals surface area (Å²) in [4.78, 5) is 36.1. The summed E-state index contributed by atoms with van der Waals surface area (Å²) >= 11 is 0. The highest BCUT2D eigenvalue weighted by atomic mass is 16.6. The number of anilines is 1. The van der Waals surface area contributed by atoms with Crippen molar-refractivity contribution in [2.75, 3.05) is 24.6 Å². The van der Waals surface area contributed by atoms with Crippen molar-refractivity contribution in [3.05, 3.63) is 34.4 Å². The van der Waals surface area contributed by atoms with Crippen LogP contribution in [0.5, 0.6) is 0 Å². The van der Waals surface area contributed by atoms with E-state index in [0.717, 1.165) is 19.4 Å².